The number of nitrogens with zero attached hydrogens (tertiary/aromatic N) is 2. The summed E-state index contributed by atoms with van der Waals surface area (Å²) in [7, 11) is -2.21. The largest absolute Gasteiger partial charge is 0.497 e. The number of methoxy groups -OCH3 is 1. The van der Waals surface area contributed by atoms with E-state index >= 15 is 0 Å². The van der Waals surface area contributed by atoms with Crippen molar-refractivity contribution in [2.24, 2.45) is 5.14 Å². The lowest BCUT2D eigenvalue weighted by Gasteiger charge is -2.08. The van der Waals surface area contributed by atoms with Crippen LogP contribution in [-0.4, -0.2) is 32.2 Å². The molecule has 0 aliphatic carbocycles. The Balaban J connectivity index is 1.70. The number of anilines is 1. The van der Waals surface area contributed by atoms with Crippen LogP contribution in [-0.2, 0) is 14.8 Å². The first-order chi connectivity index (χ1) is 14.8. The standard InChI is InChI=1S/C21H18N4O4S2/c1-29-17-7-2-14(3-8-17)19-11-4-15(12-22)21(25-19)30-13-20(26)24-16-5-9-18(10-6-16)31(23,27)28/h2-11H,13H2,1H3,(H,24,26)(H2,23,27,28). The summed E-state index contributed by atoms with van der Waals surface area (Å²) in [6.07, 6.45) is 0. The van der Waals surface area contributed by atoms with Gasteiger partial charge in [0, 0.05) is 11.3 Å². The van der Waals surface area contributed by atoms with Crippen LogP contribution in [0.1, 0.15) is 5.56 Å². The lowest BCUT2D eigenvalue weighted by molar-refractivity contribution is -0.113. The van der Waals surface area contributed by atoms with Gasteiger partial charge in [0.05, 0.1) is 29.0 Å². The minimum atomic E-state index is -3.80. The maximum Gasteiger partial charge on any atom is 0.238 e. The molecule has 2 aromatic carbocycles. The Morgan fingerprint density at radius 2 is 1.81 bits per heavy atom. The number of benzene rings is 2. The van der Waals surface area contributed by atoms with Gasteiger partial charge in [-0.25, -0.2) is 18.5 Å². The fourth-order valence-electron chi connectivity index (χ4n) is 2.62. The van der Waals surface area contributed by atoms with Crippen molar-refractivity contribution in [2.45, 2.75) is 9.92 Å². The zero-order valence-electron chi connectivity index (χ0n) is 16.4. The summed E-state index contributed by atoms with van der Waals surface area (Å²) in [6, 6.07) is 18.4. The number of nitrogens with two attached hydrogens (primary N) is 1. The van der Waals surface area contributed by atoms with Gasteiger partial charge in [-0.2, -0.15) is 5.26 Å². The molecule has 0 fully saturated rings. The van der Waals surface area contributed by atoms with Crippen LogP contribution in [0.4, 0.5) is 5.69 Å². The minimum absolute atomic E-state index is 0.0185. The molecule has 1 heterocycles. The number of pyridine rings is 1. The van der Waals surface area contributed by atoms with Crippen LogP contribution < -0.4 is 15.2 Å². The van der Waals surface area contributed by atoms with Crippen LogP contribution in [0.25, 0.3) is 11.3 Å². The second-order valence-corrected chi connectivity index (χ2v) is 8.82. The molecule has 158 valence electrons. The van der Waals surface area contributed by atoms with E-state index in [0.717, 1.165) is 23.1 Å². The van der Waals surface area contributed by atoms with E-state index in [1.165, 1.54) is 24.3 Å². The summed E-state index contributed by atoms with van der Waals surface area (Å²) in [4.78, 5) is 16.8. The third-order valence-corrected chi connectivity index (χ3v) is 6.09. The minimum Gasteiger partial charge on any atom is -0.497 e. The molecule has 0 aliphatic heterocycles. The van der Waals surface area contributed by atoms with Crippen LogP contribution in [0.15, 0.2) is 70.6 Å². The summed E-state index contributed by atoms with van der Waals surface area (Å²) in [5.74, 6) is 0.416. The molecule has 3 rings (SSSR count). The Hall–Kier alpha value is -3.39. The number of primary sulfonamides is 1. The number of ether oxygens (including phenoxy) is 1. The van der Waals surface area contributed by atoms with E-state index in [2.05, 4.69) is 16.4 Å². The summed E-state index contributed by atoms with van der Waals surface area (Å²) in [6.45, 7) is 0. The van der Waals surface area contributed by atoms with E-state index in [9.17, 15) is 18.5 Å². The average molecular weight is 455 g/mol. The molecule has 0 bridgehead atoms. The quantitative estimate of drug-likeness (QED) is 0.524. The third-order valence-electron chi connectivity index (χ3n) is 4.17. The third kappa shape index (κ3) is 5.82. The average Bonchev–Trinajstić information content (AvgIpc) is 2.77. The molecule has 10 heteroatoms. The van der Waals surface area contributed by atoms with Crippen molar-refractivity contribution in [2.75, 3.05) is 18.2 Å². The Labute approximate surface area is 184 Å². The predicted octanol–water partition coefficient (Wildman–Crippen LogP) is 3.01. The van der Waals surface area contributed by atoms with Gasteiger partial charge >= 0.3 is 0 Å². The number of aromatic nitrogens is 1. The number of carbonyl (C=O) groups excluding carboxylic acids is 1. The molecule has 1 amide bonds. The number of rotatable bonds is 7. The van der Waals surface area contributed by atoms with E-state index in [-0.39, 0.29) is 16.6 Å². The van der Waals surface area contributed by atoms with Crippen molar-refractivity contribution in [1.82, 2.24) is 4.98 Å². The second kappa shape index (κ2) is 9.61. The van der Waals surface area contributed by atoms with E-state index in [0.29, 0.717) is 22.0 Å². The van der Waals surface area contributed by atoms with Crippen LogP contribution >= 0.6 is 11.8 Å². The fraction of sp³-hybridized carbons (Fsp3) is 0.0952. The maximum absolute atomic E-state index is 12.3. The van der Waals surface area contributed by atoms with Gasteiger partial charge in [0.2, 0.25) is 15.9 Å². The number of sulfonamides is 1. The van der Waals surface area contributed by atoms with Gasteiger partial charge < -0.3 is 10.1 Å². The zero-order chi connectivity index (χ0) is 22.4. The molecule has 0 radical (unpaired) electrons. The summed E-state index contributed by atoms with van der Waals surface area (Å²) in [5, 5.41) is 17.5. The van der Waals surface area contributed by atoms with Crippen LogP contribution in [0.3, 0.4) is 0 Å². The first kappa shape index (κ1) is 22.3. The van der Waals surface area contributed by atoms with Crippen molar-refractivity contribution >= 4 is 33.4 Å². The van der Waals surface area contributed by atoms with Crippen LogP contribution in [0.5, 0.6) is 5.75 Å². The van der Waals surface area contributed by atoms with Crippen molar-refractivity contribution in [3.8, 4) is 23.1 Å². The zero-order valence-corrected chi connectivity index (χ0v) is 18.0. The fourth-order valence-corrected chi connectivity index (χ4v) is 3.90. The highest BCUT2D eigenvalue weighted by molar-refractivity contribution is 8.00. The van der Waals surface area contributed by atoms with Gasteiger partial charge in [0.25, 0.3) is 0 Å². The molecule has 3 aromatic rings. The van der Waals surface area contributed by atoms with Crippen molar-refractivity contribution in [1.29, 1.82) is 5.26 Å². The molecule has 1 aromatic heterocycles. The van der Waals surface area contributed by atoms with Gasteiger partial charge in [0.1, 0.15) is 16.8 Å². The SMILES string of the molecule is COc1ccc(-c2ccc(C#N)c(SCC(=O)Nc3ccc(S(N)(=O)=O)cc3)n2)cc1. The molecule has 0 aliphatic rings. The van der Waals surface area contributed by atoms with Crippen LogP contribution in [0, 0.1) is 11.3 Å². The number of thioether (sulfide) groups is 1. The van der Waals surface area contributed by atoms with Gasteiger partial charge in [-0.1, -0.05) is 11.8 Å². The monoisotopic (exact) mass is 454 g/mol. The molecular weight excluding hydrogens is 436 g/mol. The van der Waals surface area contributed by atoms with Crippen molar-refractivity contribution in [3.63, 3.8) is 0 Å². The lowest BCUT2D eigenvalue weighted by atomic mass is 10.1. The molecular formula is C21H18N4O4S2. The molecule has 0 unspecified atom stereocenters. The first-order valence-corrected chi connectivity index (χ1v) is 11.4. The van der Waals surface area contributed by atoms with Gasteiger partial charge in [-0.05, 0) is 60.7 Å². The second-order valence-electron chi connectivity index (χ2n) is 6.30. The molecule has 0 atom stereocenters. The number of hydrogen-bond acceptors (Lipinski definition) is 7. The summed E-state index contributed by atoms with van der Waals surface area (Å²) < 4.78 is 27.7. The topological polar surface area (TPSA) is 135 Å². The highest BCUT2D eigenvalue weighted by atomic mass is 32.2. The van der Waals surface area contributed by atoms with Crippen molar-refractivity contribution < 1.29 is 17.9 Å². The van der Waals surface area contributed by atoms with Gasteiger partial charge in [-0.15, -0.1) is 0 Å². The molecule has 0 saturated carbocycles. The van der Waals surface area contributed by atoms with E-state index in [1.54, 1.807) is 19.2 Å². The number of hydrogen-bond donors (Lipinski definition) is 2. The Morgan fingerprint density at radius 3 is 2.39 bits per heavy atom. The molecule has 0 saturated heterocycles. The van der Waals surface area contributed by atoms with E-state index < -0.39 is 10.0 Å². The number of nitrogens with one attached hydrogen (secondary N) is 1. The lowest BCUT2D eigenvalue weighted by Crippen LogP contribution is -2.15. The smallest absolute Gasteiger partial charge is 0.238 e. The van der Waals surface area contributed by atoms with E-state index in [1.807, 2.05) is 24.3 Å². The predicted molar refractivity (Wildman–Crippen MR) is 118 cm³/mol. The first-order valence-electron chi connectivity index (χ1n) is 8.91. The summed E-state index contributed by atoms with van der Waals surface area (Å²) >= 11 is 1.14. The molecule has 8 nitrogen and oxygen atoms in total. The number of nitriles is 1. The maximum atomic E-state index is 12.3. The summed E-state index contributed by atoms with van der Waals surface area (Å²) in [5.41, 5.74) is 2.32. The highest BCUT2D eigenvalue weighted by Gasteiger charge is 2.12. The highest BCUT2D eigenvalue weighted by Crippen LogP contribution is 2.26. The number of carbonyl (C=O) groups is 1. The van der Waals surface area contributed by atoms with Gasteiger partial charge in [-0.3, -0.25) is 4.79 Å². The Bertz CT molecular complexity index is 1240. The molecule has 0 spiro atoms. The van der Waals surface area contributed by atoms with Gasteiger partial charge in [0.15, 0.2) is 0 Å². The Kier molecular flexibility index (Phi) is 6.91. The number of amides is 1. The van der Waals surface area contributed by atoms with E-state index in [4.69, 9.17) is 9.88 Å². The van der Waals surface area contributed by atoms with Crippen LogP contribution in [0.2, 0.25) is 0 Å². The Morgan fingerprint density at radius 1 is 1.13 bits per heavy atom. The molecule has 3 N–H and O–H groups in total. The molecule has 31 heavy (non-hydrogen) atoms. The van der Waals surface area contributed by atoms with Crippen molar-refractivity contribution in [3.05, 3.63) is 66.2 Å². The normalized spacial score (nSPS) is 10.9.